The number of halogens is 1. The first-order valence-corrected chi connectivity index (χ1v) is 23.4. The van der Waals surface area contributed by atoms with Gasteiger partial charge in [0.2, 0.25) is 0 Å². The van der Waals surface area contributed by atoms with E-state index < -0.39 is 0 Å². The molecule has 0 amide bonds. The molecule has 0 heterocycles. The average molecular weight is 866 g/mol. The zero-order chi connectivity index (χ0) is 44.5. The summed E-state index contributed by atoms with van der Waals surface area (Å²) < 4.78 is 0. The van der Waals surface area contributed by atoms with Crippen molar-refractivity contribution in [2.75, 3.05) is 10.6 Å². The Hall–Kier alpha value is -7.13. The van der Waals surface area contributed by atoms with Crippen LogP contribution >= 0.6 is 11.6 Å². The third-order valence-corrected chi connectivity index (χ3v) is 12.3. The summed E-state index contributed by atoms with van der Waals surface area (Å²) >= 11 is 5.80. The Labute approximate surface area is 391 Å². The molecule has 2 aliphatic rings. The molecule has 65 heavy (non-hydrogen) atoms. The van der Waals surface area contributed by atoms with Gasteiger partial charge in [-0.2, -0.15) is 0 Å². The highest BCUT2D eigenvalue weighted by Crippen LogP contribution is 2.40. The second-order valence-corrected chi connectivity index (χ2v) is 17.1. The van der Waals surface area contributed by atoms with Crippen molar-refractivity contribution in [3.8, 4) is 0 Å². The van der Waals surface area contributed by atoms with Gasteiger partial charge >= 0.3 is 0 Å². The van der Waals surface area contributed by atoms with E-state index in [1.54, 1.807) is 0 Å². The number of aryl methyl sites for hydroxylation is 2. The fourth-order valence-corrected chi connectivity index (χ4v) is 8.65. The summed E-state index contributed by atoms with van der Waals surface area (Å²) in [5.74, 6) is 0. The van der Waals surface area contributed by atoms with Crippen LogP contribution in [0, 0.1) is 0 Å². The van der Waals surface area contributed by atoms with Crippen molar-refractivity contribution in [1.82, 2.24) is 0 Å². The molecule has 0 aliphatic heterocycles. The van der Waals surface area contributed by atoms with Crippen LogP contribution in [0.5, 0.6) is 0 Å². The number of rotatable bonds is 9. The van der Waals surface area contributed by atoms with E-state index in [9.17, 15) is 0 Å². The molecule has 2 aliphatic carbocycles. The Kier molecular flexibility index (Phi) is 15.7. The molecule has 0 saturated heterocycles. The van der Waals surface area contributed by atoms with Crippen LogP contribution in [-0.2, 0) is 25.7 Å². The standard InChI is InChI=1S/C38H33N.C14H11Cl.C10H13N/c1-3-10-30(11-4-1)18-20-32-22-26-35(27-23-32)39(38-17-9-15-34-14-7-8-16-37(34)38)36-28-24-33(25-29-36)21-19-31-12-5-2-6-13-31;15-14-10-8-13(9-11-14)7-6-12-4-2-1-3-5-12;11-10-7-3-5-8-4-1-2-6-9(8)10/h1-6,9-13,15,17-29H,7-8,14,16H2;1-11H;3,5,7H,1-2,4,6,11H2/b20-18+,21-19+;7-6+;. The molecule has 0 unspecified atom stereocenters. The molecule has 3 heteroatoms. The number of nitrogens with zero attached hydrogens (tertiary/aromatic N) is 1. The lowest BCUT2D eigenvalue weighted by Gasteiger charge is -2.30. The maximum atomic E-state index is 5.84. The molecular formula is C62H57ClN2. The lowest BCUT2D eigenvalue weighted by atomic mass is 9.90. The van der Waals surface area contributed by atoms with Crippen LogP contribution in [0.1, 0.15) is 81.3 Å². The van der Waals surface area contributed by atoms with Gasteiger partial charge in [-0.3, -0.25) is 0 Å². The quantitative estimate of drug-likeness (QED) is 0.116. The normalized spacial score (nSPS) is 13.0. The highest BCUT2D eigenvalue weighted by molar-refractivity contribution is 6.30. The van der Waals surface area contributed by atoms with Crippen molar-refractivity contribution in [2.24, 2.45) is 0 Å². The molecule has 10 rings (SSSR count). The van der Waals surface area contributed by atoms with Crippen molar-refractivity contribution in [2.45, 2.75) is 51.4 Å². The maximum Gasteiger partial charge on any atom is 0.0496 e. The topological polar surface area (TPSA) is 29.3 Å². The Morgan fingerprint density at radius 3 is 1.12 bits per heavy atom. The van der Waals surface area contributed by atoms with Crippen LogP contribution in [0.25, 0.3) is 36.5 Å². The molecule has 0 bridgehead atoms. The molecule has 0 radical (unpaired) electrons. The summed E-state index contributed by atoms with van der Waals surface area (Å²) in [5.41, 5.74) is 23.5. The Bertz CT molecular complexity index is 2700. The van der Waals surface area contributed by atoms with E-state index in [0.717, 1.165) is 22.7 Å². The van der Waals surface area contributed by atoms with E-state index in [0.29, 0.717) is 0 Å². The number of anilines is 4. The number of fused-ring (bicyclic) bond motifs is 2. The largest absolute Gasteiger partial charge is 0.398 e. The van der Waals surface area contributed by atoms with E-state index >= 15 is 0 Å². The zero-order valence-corrected chi connectivity index (χ0v) is 37.8. The molecule has 0 aromatic heterocycles. The van der Waals surface area contributed by atoms with Gasteiger partial charge in [-0.1, -0.05) is 200 Å². The van der Waals surface area contributed by atoms with Gasteiger partial charge in [0.15, 0.2) is 0 Å². The average Bonchev–Trinajstić information content (AvgIpc) is 3.37. The van der Waals surface area contributed by atoms with Crippen molar-refractivity contribution < 1.29 is 0 Å². The lowest BCUT2D eigenvalue weighted by molar-refractivity contribution is 0.686. The third-order valence-electron chi connectivity index (χ3n) is 12.0. The Balaban J connectivity index is 0.000000179. The first-order valence-electron chi connectivity index (χ1n) is 23.0. The Morgan fingerprint density at radius 2 is 0.692 bits per heavy atom. The van der Waals surface area contributed by atoms with Crippen LogP contribution in [-0.4, -0.2) is 0 Å². The molecule has 322 valence electrons. The molecule has 8 aromatic rings. The van der Waals surface area contributed by atoms with Crippen LogP contribution in [0.2, 0.25) is 5.02 Å². The molecule has 0 atom stereocenters. The minimum atomic E-state index is 0.770. The van der Waals surface area contributed by atoms with Crippen molar-refractivity contribution in [1.29, 1.82) is 0 Å². The summed E-state index contributed by atoms with van der Waals surface area (Å²) in [6, 6.07) is 69.9. The summed E-state index contributed by atoms with van der Waals surface area (Å²) in [7, 11) is 0. The second-order valence-electron chi connectivity index (χ2n) is 16.6. The zero-order valence-electron chi connectivity index (χ0n) is 37.1. The monoisotopic (exact) mass is 864 g/mol. The van der Waals surface area contributed by atoms with Gasteiger partial charge in [0.1, 0.15) is 0 Å². The SMILES string of the molecule is C(=C\c1ccc(N(c2ccc(/C=C/c3ccccc3)cc2)c2cccc3c2CCCC3)cc1)/c1ccccc1.Clc1ccc(/C=C/c2ccccc2)cc1.Nc1cccc2c1CCCC2. The summed E-state index contributed by atoms with van der Waals surface area (Å²) in [6.07, 6.45) is 22.7. The summed E-state index contributed by atoms with van der Waals surface area (Å²) in [6.45, 7) is 0. The molecule has 0 spiro atoms. The van der Waals surface area contributed by atoms with Gasteiger partial charge in [0, 0.05) is 27.8 Å². The molecule has 2 nitrogen and oxygen atoms in total. The van der Waals surface area contributed by atoms with Gasteiger partial charge < -0.3 is 10.6 Å². The van der Waals surface area contributed by atoms with Crippen LogP contribution in [0.15, 0.2) is 200 Å². The molecule has 2 N–H and O–H groups in total. The smallest absolute Gasteiger partial charge is 0.0496 e. The van der Waals surface area contributed by atoms with Gasteiger partial charge in [-0.05, 0) is 156 Å². The van der Waals surface area contributed by atoms with Gasteiger partial charge in [0.05, 0.1) is 0 Å². The number of benzene rings is 8. The first-order chi connectivity index (χ1) is 32.1. The van der Waals surface area contributed by atoms with E-state index in [-0.39, 0.29) is 0 Å². The molecule has 0 saturated carbocycles. The molecular weight excluding hydrogens is 808 g/mol. The van der Waals surface area contributed by atoms with Gasteiger partial charge in [-0.15, -0.1) is 0 Å². The predicted octanol–water partition coefficient (Wildman–Crippen LogP) is 17.0. The predicted molar refractivity (Wildman–Crippen MR) is 283 cm³/mol. The van der Waals surface area contributed by atoms with E-state index in [1.165, 1.54) is 112 Å². The minimum absolute atomic E-state index is 0.770. The second kappa shape index (κ2) is 23.0. The van der Waals surface area contributed by atoms with E-state index in [4.69, 9.17) is 17.3 Å². The maximum absolute atomic E-state index is 5.84. The van der Waals surface area contributed by atoms with Gasteiger partial charge in [-0.25, -0.2) is 0 Å². The van der Waals surface area contributed by atoms with E-state index in [2.05, 4.69) is 193 Å². The summed E-state index contributed by atoms with van der Waals surface area (Å²) in [4.78, 5) is 2.43. The van der Waals surface area contributed by atoms with Crippen LogP contribution in [0.3, 0.4) is 0 Å². The highest BCUT2D eigenvalue weighted by Gasteiger charge is 2.20. The van der Waals surface area contributed by atoms with Crippen molar-refractivity contribution in [3.63, 3.8) is 0 Å². The van der Waals surface area contributed by atoms with E-state index in [1.807, 2.05) is 48.5 Å². The number of hydrogen-bond acceptors (Lipinski definition) is 2. The summed E-state index contributed by atoms with van der Waals surface area (Å²) in [5, 5.41) is 0.770. The Morgan fingerprint density at radius 1 is 0.338 bits per heavy atom. The van der Waals surface area contributed by atoms with Crippen LogP contribution in [0.4, 0.5) is 22.7 Å². The van der Waals surface area contributed by atoms with Gasteiger partial charge in [0.25, 0.3) is 0 Å². The minimum Gasteiger partial charge on any atom is -0.398 e. The molecule has 0 fully saturated rings. The number of nitrogens with two attached hydrogens (primary N) is 1. The van der Waals surface area contributed by atoms with Crippen molar-refractivity contribution >= 4 is 70.8 Å². The van der Waals surface area contributed by atoms with Crippen LogP contribution < -0.4 is 10.6 Å². The fraction of sp³-hybridized carbons (Fsp3) is 0.129. The first kappa shape index (κ1) is 44.5. The van der Waals surface area contributed by atoms with Crippen molar-refractivity contribution in [3.05, 3.63) is 261 Å². The number of hydrogen-bond donors (Lipinski definition) is 1. The molecule has 8 aromatic carbocycles. The fourth-order valence-electron chi connectivity index (χ4n) is 8.52. The highest BCUT2D eigenvalue weighted by atomic mass is 35.5. The third kappa shape index (κ3) is 12.8. The lowest BCUT2D eigenvalue weighted by Crippen LogP contribution is -2.15. The number of nitrogen functional groups attached to an aromatic ring is 1.